The largest absolute Gasteiger partial charge is 0.469 e. The van der Waals surface area contributed by atoms with Gasteiger partial charge in [0.2, 0.25) is 0 Å². The summed E-state index contributed by atoms with van der Waals surface area (Å²) in [6.45, 7) is 2.97. The second-order valence-corrected chi connectivity index (χ2v) is 3.78. The first-order valence-electron chi connectivity index (χ1n) is 5.51. The fourth-order valence-corrected chi connectivity index (χ4v) is 1.87. The molecule has 2 aromatic heterocycles. The van der Waals surface area contributed by atoms with Gasteiger partial charge in [-0.15, -0.1) is 0 Å². The maximum Gasteiger partial charge on any atom is 0.166 e. The molecule has 0 aliphatic carbocycles. The number of aromatic nitrogens is 1. The second kappa shape index (κ2) is 4.84. The highest BCUT2D eigenvalue weighted by molar-refractivity contribution is 5.72. The number of nitrogens with zero attached hydrogens (tertiary/aromatic N) is 1. The van der Waals surface area contributed by atoms with Gasteiger partial charge in [0.25, 0.3) is 0 Å². The molecule has 0 fully saturated rings. The minimum Gasteiger partial charge on any atom is -0.469 e. The van der Waals surface area contributed by atoms with Gasteiger partial charge in [-0.05, 0) is 30.7 Å². The van der Waals surface area contributed by atoms with Gasteiger partial charge in [-0.3, -0.25) is 4.79 Å². The van der Waals surface area contributed by atoms with Gasteiger partial charge in [-0.25, -0.2) is 0 Å². The first-order chi connectivity index (χ1) is 7.85. The Hall–Kier alpha value is -1.77. The van der Waals surface area contributed by atoms with Crippen LogP contribution < -0.4 is 0 Å². The molecule has 0 unspecified atom stereocenters. The lowest BCUT2D eigenvalue weighted by molar-refractivity contribution is 0.111. The number of hydrogen-bond donors (Lipinski definition) is 0. The van der Waals surface area contributed by atoms with Crippen LogP contribution in [0.25, 0.3) is 0 Å². The molecular formula is C13H15NO2. The summed E-state index contributed by atoms with van der Waals surface area (Å²) in [4.78, 5) is 10.9. The van der Waals surface area contributed by atoms with E-state index >= 15 is 0 Å². The van der Waals surface area contributed by atoms with Gasteiger partial charge in [0.05, 0.1) is 12.0 Å². The predicted octanol–water partition coefficient (Wildman–Crippen LogP) is 2.89. The molecule has 0 atom stereocenters. The lowest BCUT2D eigenvalue weighted by Crippen LogP contribution is -2.06. The summed E-state index contributed by atoms with van der Waals surface area (Å²) in [5.41, 5.74) is 1.86. The van der Waals surface area contributed by atoms with Crippen LogP contribution in [0.5, 0.6) is 0 Å². The third kappa shape index (κ3) is 2.08. The Balaban J connectivity index is 2.26. The van der Waals surface area contributed by atoms with Crippen LogP contribution in [0.4, 0.5) is 0 Å². The van der Waals surface area contributed by atoms with Crippen molar-refractivity contribution in [2.24, 2.45) is 0 Å². The molecule has 0 bridgehead atoms. The molecule has 0 N–H and O–H groups in total. The van der Waals surface area contributed by atoms with E-state index in [2.05, 4.69) is 11.5 Å². The van der Waals surface area contributed by atoms with E-state index in [-0.39, 0.29) is 0 Å². The normalized spacial score (nSPS) is 10.6. The van der Waals surface area contributed by atoms with Crippen LogP contribution in [0, 0.1) is 0 Å². The molecule has 0 radical (unpaired) electrons. The van der Waals surface area contributed by atoms with Gasteiger partial charge in [0, 0.05) is 18.7 Å². The molecule has 0 spiro atoms. The number of furan rings is 1. The van der Waals surface area contributed by atoms with Crippen LogP contribution in [0.3, 0.4) is 0 Å². The maximum atomic E-state index is 10.9. The van der Waals surface area contributed by atoms with Crippen molar-refractivity contribution in [1.29, 1.82) is 0 Å². The number of aldehydes is 1. The van der Waals surface area contributed by atoms with Gasteiger partial charge in [-0.2, -0.15) is 0 Å². The minimum atomic E-state index is 0.737. The molecule has 0 aromatic carbocycles. The SMILES string of the molecule is CCCn1c(C=O)ccc1Cc1ccco1. The van der Waals surface area contributed by atoms with E-state index < -0.39 is 0 Å². The summed E-state index contributed by atoms with van der Waals surface area (Å²) in [5, 5.41) is 0. The Labute approximate surface area is 94.7 Å². The van der Waals surface area contributed by atoms with Crippen LogP contribution in [0.1, 0.15) is 35.3 Å². The monoisotopic (exact) mass is 217 g/mol. The maximum absolute atomic E-state index is 10.9. The molecule has 3 heteroatoms. The molecule has 2 aromatic rings. The first-order valence-corrected chi connectivity index (χ1v) is 5.51. The first kappa shape index (κ1) is 10.7. The van der Waals surface area contributed by atoms with Crippen molar-refractivity contribution in [3.05, 3.63) is 47.7 Å². The van der Waals surface area contributed by atoms with Crippen molar-refractivity contribution < 1.29 is 9.21 Å². The van der Waals surface area contributed by atoms with Crippen molar-refractivity contribution in [2.45, 2.75) is 26.3 Å². The summed E-state index contributed by atoms with van der Waals surface area (Å²) in [5.74, 6) is 0.924. The van der Waals surface area contributed by atoms with Gasteiger partial charge >= 0.3 is 0 Å². The summed E-state index contributed by atoms with van der Waals surface area (Å²) in [6, 6.07) is 7.68. The van der Waals surface area contributed by atoms with Gasteiger partial charge in [-0.1, -0.05) is 6.92 Å². The van der Waals surface area contributed by atoms with E-state index in [0.717, 1.165) is 42.8 Å². The smallest absolute Gasteiger partial charge is 0.166 e. The molecule has 0 aliphatic rings. The quantitative estimate of drug-likeness (QED) is 0.722. The summed E-state index contributed by atoms with van der Waals surface area (Å²) >= 11 is 0. The molecule has 84 valence electrons. The van der Waals surface area contributed by atoms with Crippen molar-refractivity contribution in [3.63, 3.8) is 0 Å². The van der Waals surface area contributed by atoms with E-state index in [1.165, 1.54) is 0 Å². The topological polar surface area (TPSA) is 35.1 Å². The highest BCUT2D eigenvalue weighted by atomic mass is 16.3. The van der Waals surface area contributed by atoms with Crippen molar-refractivity contribution in [2.75, 3.05) is 0 Å². The number of hydrogen-bond acceptors (Lipinski definition) is 2. The van der Waals surface area contributed by atoms with Crippen LogP contribution in [0.15, 0.2) is 34.9 Å². The Morgan fingerprint density at radius 1 is 1.38 bits per heavy atom. The Morgan fingerprint density at radius 2 is 2.25 bits per heavy atom. The Bertz CT molecular complexity index is 454. The van der Waals surface area contributed by atoms with Crippen molar-refractivity contribution in [1.82, 2.24) is 4.57 Å². The third-order valence-electron chi connectivity index (χ3n) is 2.61. The van der Waals surface area contributed by atoms with Crippen LogP contribution in [-0.2, 0) is 13.0 Å². The van der Waals surface area contributed by atoms with Gasteiger partial charge in [0.1, 0.15) is 5.76 Å². The lowest BCUT2D eigenvalue weighted by Gasteiger charge is -2.08. The highest BCUT2D eigenvalue weighted by Gasteiger charge is 2.08. The second-order valence-electron chi connectivity index (χ2n) is 3.78. The molecule has 2 rings (SSSR count). The molecule has 0 aliphatic heterocycles. The third-order valence-corrected chi connectivity index (χ3v) is 2.61. The van der Waals surface area contributed by atoms with Crippen LogP contribution in [-0.4, -0.2) is 10.9 Å². The van der Waals surface area contributed by atoms with E-state index in [1.54, 1.807) is 6.26 Å². The van der Waals surface area contributed by atoms with Crippen LogP contribution in [0.2, 0.25) is 0 Å². The van der Waals surface area contributed by atoms with E-state index in [9.17, 15) is 4.79 Å². The zero-order valence-electron chi connectivity index (χ0n) is 9.35. The van der Waals surface area contributed by atoms with Gasteiger partial charge < -0.3 is 8.98 Å². The van der Waals surface area contributed by atoms with E-state index in [1.807, 2.05) is 24.3 Å². The standard InChI is InChI=1S/C13H15NO2/c1-2-7-14-11(5-6-12(14)10-15)9-13-4-3-8-16-13/h3-6,8,10H,2,7,9H2,1H3. The zero-order valence-corrected chi connectivity index (χ0v) is 9.35. The molecule has 0 amide bonds. The fraction of sp³-hybridized carbons (Fsp3) is 0.308. The molecular weight excluding hydrogens is 202 g/mol. The predicted molar refractivity (Wildman–Crippen MR) is 61.6 cm³/mol. The molecule has 2 heterocycles. The zero-order chi connectivity index (χ0) is 11.4. The van der Waals surface area contributed by atoms with E-state index in [4.69, 9.17) is 4.42 Å². The number of carbonyl (C=O) groups is 1. The number of carbonyl (C=O) groups excluding carboxylic acids is 1. The van der Waals surface area contributed by atoms with E-state index in [0.29, 0.717) is 0 Å². The highest BCUT2D eigenvalue weighted by Crippen LogP contribution is 2.14. The Kier molecular flexibility index (Phi) is 3.25. The van der Waals surface area contributed by atoms with Crippen molar-refractivity contribution in [3.8, 4) is 0 Å². The summed E-state index contributed by atoms with van der Waals surface area (Å²) < 4.78 is 7.36. The molecule has 16 heavy (non-hydrogen) atoms. The average Bonchev–Trinajstić information content (AvgIpc) is 2.91. The van der Waals surface area contributed by atoms with Gasteiger partial charge in [0.15, 0.2) is 6.29 Å². The van der Waals surface area contributed by atoms with Crippen LogP contribution >= 0.6 is 0 Å². The lowest BCUT2D eigenvalue weighted by atomic mass is 10.2. The Morgan fingerprint density at radius 3 is 2.88 bits per heavy atom. The minimum absolute atomic E-state index is 0.737. The molecule has 3 nitrogen and oxygen atoms in total. The average molecular weight is 217 g/mol. The molecule has 0 saturated carbocycles. The fourth-order valence-electron chi connectivity index (χ4n) is 1.87. The summed E-state index contributed by atoms with van der Waals surface area (Å²) in [7, 11) is 0. The summed E-state index contributed by atoms with van der Waals surface area (Å²) in [6.07, 6.45) is 4.33. The number of rotatable bonds is 5. The molecule has 0 saturated heterocycles. The van der Waals surface area contributed by atoms with Crippen molar-refractivity contribution >= 4 is 6.29 Å².